The molecule has 3 nitrogen and oxygen atoms in total. The van der Waals surface area contributed by atoms with Crippen molar-refractivity contribution < 1.29 is 0 Å². The van der Waals surface area contributed by atoms with Gasteiger partial charge in [-0.25, -0.2) is 0 Å². The molecule has 40 heavy (non-hydrogen) atoms. The first-order chi connectivity index (χ1) is 18.9. The highest BCUT2D eigenvalue weighted by Crippen LogP contribution is 2.26. The van der Waals surface area contributed by atoms with Crippen LogP contribution in [0.1, 0.15) is 69.4 Å². The monoisotopic (exact) mass is 525 g/mol. The topological polar surface area (TPSA) is 37.6 Å². The summed E-state index contributed by atoms with van der Waals surface area (Å²) in [5.74, 6) is 0. The maximum atomic E-state index is 5.05. The lowest BCUT2D eigenvalue weighted by molar-refractivity contribution is 0.590. The average Bonchev–Trinajstić information content (AvgIpc) is 2.93. The zero-order chi connectivity index (χ0) is 28.9. The third kappa shape index (κ3) is 7.32. The van der Waals surface area contributed by atoms with Gasteiger partial charge in [-0.1, -0.05) is 126 Å². The molecule has 1 heterocycles. The number of pyridine rings is 1. The maximum Gasteiger partial charge on any atom is 0.139 e. The Bertz CT molecular complexity index is 1500. The summed E-state index contributed by atoms with van der Waals surface area (Å²) in [6, 6.07) is 29.9. The maximum absolute atomic E-state index is 5.05. The van der Waals surface area contributed by atoms with E-state index in [9.17, 15) is 0 Å². The molecule has 0 unspecified atom stereocenters. The van der Waals surface area contributed by atoms with Crippen molar-refractivity contribution in [2.75, 3.05) is 0 Å². The molecule has 202 valence electrons. The van der Waals surface area contributed by atoms with E-state index in [0.717, 1.165) is 39.4 Å². The van der Waals surface area contributed by atoms with Crippen molar-refractivity contribution in [1.82, 2.24) is 4.98 Å². The molecule has 0 amide bonds. The number of allylic oxidation sites excluding steroid dienone is 1. The summed E-state index contributed by atoms with van der Waals surface area (Å²) in [4.78, 5) is 14.2. The van der Waals surface area contributed by atoms with Crippen LogP contribution in [0.15, 0.2) is 107 Å². The zero-order valence-corrected chi connectivity index (χ0v) is 25.0. The Kier molecular flexibility index (Phi) is 8.68. The predicted octanol–water partition coefficient (Wildman–Crippen LogP) is 7.33. The lowest BCUT2D eigenvalue weighted by Gasteiger charge is -2.19. The third-order valence-corrected chi connectivity index (χ3v) is 7.14. The van der Waals surface area contributed by atoms with E-state index in [1.54, 1.807) is 0 Å². The Morgan fingerprint density at radius 2 is 1.30 bits per heavy atom. The number of rotatable bonds is 7. The van der Waals surface area contributed by atoms with Crippen molar-refractivity contribution in [2.24, 2.45) is 9.98 Å². The van der Waals surface area contributed by atoms with Crippen LogP contribution in [0.2, 0.25) is 0 Å². The minimum Gasteiger partial charge on any atom is -0.280 e. The SMILES string of the molecule is Bc1ccc(-c2ccc(C/N=C(\C=C(/N=C)c3ccc(C(C)(C)C)cc3)c3ccc(C(C)(C)C)cc3)cn2)cc1. The third-order valence-electron chi connectivity index (χ3n) is 7.14. The van der Waals surface area contributed by atoms with E-state index < -0.39 is 0 Å². The molecule has 3 aromatic carbocycles. The minimum absolute atomic E-state index is 0.0825. The number of hydrogen-bond donors (Lipinski definition) is 0. The van der Waals surface area contributed by atoms with Gasteiger partial charge in [0.1, 0.15) is 7.85 Å². The van der Waals surface area contributed by atoms with Crippen LogP contribution in [-0.4, -0.2) is 25.3 Å². The van der Waals surface area contributed by atoms with Gasteiger partial charge in [-0.05, 0) is 51.9 Å². The van der Waals surface area contributed by atoms with Crippen molar-refractivity contribution in [2.45, 2.75) is 58.9 Å². The van der Waals surface area contributed by atoms with Crippen LogP contribution < -0.4 is 5.46 Å². The fourth-order valence-corrected chi connectivity index (χ4v) is 4.44. The molecule has 4 rings (SSSR count). The number of hydrogen-bond acceptors (Lipinski definition) is 3. The van der Waals surface area contributed by atoms with E-state index >= 15 is 0 Å². The van der Waals surface area contributed by atoms with Crippen molar-refractivity contribution in [3.8, 4) is 11.3 Å². The Balaban J connectivity index is 1.68. The predicted molar refractivity (Wildman–Crippen MR) is 176 cm³/mol. The summed E-state index contributed by atoms with van der Waals surface area (Å²) in [7, 11) is 2.09. The summed E-state index contributed by atoms with van der Waals surface area (Å²) >= 11 is 0. The standard InChI is InChI=1S/C36H40BN3/c1-35(2,3)29-15-9-27(10-16-29)33(38-7)22-34(28-11-17-30(18-12-28)36(4,5)6)40-24-25-8-21-32(39-23-25)26-13-19-31(37)20-14-26/h8-23H,7,24,37H2,1-6H3/b33-22-,40-34+. The quantitative estimate of drug-likeness (QED) is 0.184. The molecule has 0 spiro atoms. The molecule has 0 aliphatic heterocycles. The second-order valence-electron chi connectivity index (χ2n) is 12.5. The van der Waals surface area contributed by atoms with E-state index in [0.29, 0.717) is 6.54 Å². The van der Waals surface area contributed by atoms with Crippen LogP contribution in [0.5, 0.6) is 0 Å². The molecule has 0 radical (unpaired) electrons. The molecule has 0 aliphatic rings. The molecule has 0 atom stereocenters. The first-order valence-electron chi connectivity index (χ1n) is 13.9. The Morgan fingerprint density at radius 1 is 0.750 bits per heavy atom. The molecule has 0 bridgehead atoms. The van der Waals surface area contributed by atoms with E-state index in [4.69, 9.17) is 9.98 Å². The summed E-state index contributed by atoms with van der Waals surface area (Å²) in [6.07, 6.45) is 3.96. The van der Waals surface area contributed by atoms with Gasteiger partial charge < -0.3 is 0 Å². The molecular weight excluding hydrogens is 485 g/mol. The van der Waals surface area contributed by atoms with Gasteiger partial charge in [0.15, 0.2) is 0 Å². The minimum atomic E-state index is 0.0825. The van der Waals surface area contributed by atoms with Gasteiger partial charge in [-0.15, -0.1) is 0 Å². The molecular formula is C36H40BN3. The van der Waals surface area contributed by atoms with Crippen LogP contribution in [0, 0.1) is 0 Å². The van der Waals surface area contributed by atoms with Crippen molar-refractivity contribution in [1.29, 1.82) is 0 Å². The Labute approximate surface area is 241 Å². The molecule has 4 heteroatoms. The lowest BCUT2D eigenvalue weighted by atomic mass is 9.86. The van der Waals surface area contributed by atoms with Crippen LogP contribution in [0.3, 0.4) is 0 Å². The second-order valence-corrected chi connectivity index (χ2v) is 12.5. The van der Waals surface area contributed by atoms with Gasteiger partial charge >= 0.3 is 0 Å². The first kappa shape index (κ1) is 29.0. The number of aliphatic imine (C=N–C) groups is 2. The van der Waals surface area contributed by atoms with Crippen LogP contribution in [0.4, 0.5) is 0 Å². The summed E-state index contributed by atoms with van der Waals surface area (Å²) in [5.41, 5.74) is 10.8. The number of nitrogens with zero attached hydrogens (tertiary/aromatic N) is 3. The summed E-state index contributed by atoms with van der Waals surface area (Å²) < 4.78 is 0. The summed E-state index contributed by atoms with van der Waals surface area (Å²) in [5, 5.41) is 0. The fraction of sp³-hybridized carbons (Fsp3) is 0.250. The molecule has 1 aromatic heterocycles. The summed E-state index contributed by atoms with van der Waals surface area (Å²) in [6.45, 7) is 17.7. The van der Waals surface area contributed by atoms with Gasteiger partial charge in [0, 0.05) is 17.3 Å². The van der Waals surface area contributed by atoms with Gasteiger partial charge in [0.05, 0.1) is 23.6 Å². The Hall–Kier alpha value is -4.05. The lowest BCUT2D eigenvalue weighted by Crippen LogP contribution is -2.11. The van der Waals surface area contributed by atoms with E-state index in [2.05, 4.69) is 146 Å². The van der Waals surface area contributed by atoms with Crippen LogP contribution in [-0.2, 0) is 17.4 Å². The highest BCUT2D eigenvalue weighted by Gasteiger charge is 2.15. The van der Waals surface area contributed by atoms with Crippen molar-refractivity contribution in [3.63, 3.8) is 0 Å². The first-order valence-corrected chi connectivity index (χ1v) is 13.9. The Morgan fingerprint density at radius 3 is 1.77 bits per heavy atom. The van der Waals surface area contributed by atoms with Gasteiger partial charge in [-0.2, -0.15) is 0 Å². The largest absolute Gasteiger partial charge is 0.280 e. The average molecular weight is 526 g/mol. The van der Waals surface area contributed by atoms with E-state index in [-0.39, 0.29) is 10.8 Å². The molecule has 0 aliphatic carbocycles. The van der Waals surface area contributed by atoms with Gasteiger partial charge in [0.2, 0.25) is 0 Å². The smallest absolute Gasteiger partial charge is 0.139 e. The second kappa shape index (κ2) is 12.0. The highest BCUT2D eigenvalue weighted by atomic mass is 14.8. The molecule has 0 N–H and O–H groups in total. The molecule has 0 fully saturated rings. The number of benzene rings is 3. The number of aromatic nitrogens is 1. The normalized spacial score (nSPS) is 12.8. The molecule has 0 saturated heterocycles. The van der Waals surface area contributed by atoms with E-state index in [1.807, 2.05) is 12.3 Å². The van der Waals surface area contributed by atoms with Crippen molar-refractivity contribution in [3.05, 3.63) is 125 Å². The van der Waals surface area contributed by atoms with E-state index in [1.165, 1.54) is 16.6 Å². The van der Waals surface area contributed by atoms with Gasteiger partial charge in [0.25, 0.3) is 0 Å². The fourth-order valence-electron chi connectivity index (χ4n) is 4.44. The van der Waals surface area contributed by atoms with Crippen LogP contribution in [0.25, 0.3) is 17.0 Å². The highest BCUT2D eigenvalue weighted by molar-refractivity contribution is 6.32. The van der Waals surface area contributed by atoms with Crippen molar-refractivity contribution >= 4 is 31.4 Å². The van der Waals surface area contributed by atoms with Gasteiger partial charge in [-0.3, -0.25) is 15.0 Å². The molecule has 0 saturated carbocycles. The molecule has 4 aromatic rings. The van der Waals surface area contributed by atoms with Crippen LogP contribution >= 0.6 is 0 Å². The zero-order valence-electron chi connectivity index (χ0n) is 25.0.